The van der Waals surface area contributed by atoms with Crippen molar-refractivity contribution in [3.8, 4) is 5.75 Å². The lowest BCUT2D eigenvalue weighted by atomic mass is 9.99. The molecule has 4 rings (SSSR count). The van der Waals surface area contributed by atoms with Crippen LogP contribution >= 0.6 is 0 Å². The average Bonchev–Trinajstić information content (AvgIpc) is 3.04. The van der Waals surface area contributed by atoms with Crippen LogP contribution in [0.15, 0.2) is 96.2 Å². The summed E-state index contributed by atoms with van der Waals surface area (Å²) in [6, 6.07) is 22.2. The molecule has 0 aromatic heterocycles. The lowest BCUT2D eigenvalue weighted by molar-refractivity contribution is 0.0830. The monoisotopic (exact) mass is 680 g/mol. The number of halogens is 2. The second-order valence-corrected chi connectivity index (χ2v) is 12.9. The highest BCUT2D eigenvalue weighted by Crippen LogP contribution is 2.30. The molecule has 0 saturated carbocycles. The number of nitrogens with one attached hydrogen (secondary N) is 2. The van der Waals surface area contributed by atoms with Crippen molar-refractivity contribution in [2.24, 2.45) is 5.16 Å². The molecule has 13 heteroatoms. The second-order valence-electron chi connectivity index (χ2n) is 11.1. The molecule has 0 heterocycles. The summed E-state index contributed by atoms with van der Waals surface area (Å²) in [5.41, 5.74) is 2.41. The van der Waals surface area contributed by atoms with E-state index < -0.39 is 39.7 Å². The van der Waals surface area contributed by atoms with Crippen molar-refractivity contribution in [3.05, 3.63) is 125 Å². The van der Waals surface area contributed by atoms with Gasteiger partial charge in [0.25, 0.3) is 5.91 Å². The van der Waals surface area contributed by atoms with Gasteiger partial charge in [-0.1, -0.05) is 35.5 Å². The Morgan fingerprint density at radius 1 is 0.896 bits per heavy atom. The van der Waals surface area contributed by atoms with Crippen LogP contribution in [0.5, 0.6) is 5.75 Å². The minimum absolute atomic E-state index is 0.0146. The van der Waals surface area contributed by atoms with E-state index in [0.717, 1.165) is 34.3 Å². The van der Waals surface area contributed by atoms with Gasteiger partial charge in [-0.2, -0.15) is 0 Å². The smallest absolute Gasteiger partial charge is 0.251 e. The third kappa shape index (κ3) is 9.83. The summed E-state index contributed by atoms with van der Waals surface area (Å²) in [6.45, 7) is 2.02. The van der Waals surface area contributed by atoms with Crippen LogP contribution in [0.3, 0.4) is 0 Å². The predicted octanol–water partition coefficient (Wildman–Crippen LogP) is 4.93. The van der Waals surface area contributed by atoms with Crippen molar-refractivity contribution in [1.82, 2.24) is 10.6 Å². The van der Waals surface area contributed by atoms with Crippen molar-refractivity contribution < 1.29 is 36.7 Å². The summed E-state index contributed by atoms with van der Waals surface area (Å²) in [7, 11) is -0.970. The zero-order valence-electron chi connectivity index (χ0n) is 27.0. The summed E-state index contributed by atoms with van der Waals surface area (Å²) >= 11 is 0. The third-order valence-electron chi connectivity index (χ3n) is 7.36. The van der Waals surface area contributed by atoms with Crippen LogP contribution in [0.4, 0.5) is 20.2 Å². The Morgan fingerprint density at radius 2 is 1.58 bits per heavy atom. The van der Waals surface area contributed by atoms with Gasteiger partial charge in [0.05, 0.1) is 42.6 Å². The fourth-order valence-electron chi connectivity index (χ4n) is 5.16. The Balaban J connectivity index is 1.68. The van der Waals surface area contributed by atoms with Gasteiger partial charge < -0.3 is 25.3 Å². The number of aliphatic hydroxyl groups is 1. The summed E-state index contributed by atoms with van der Waals surface area (Å²) in [5.74, 6) is -1.60. The maximum absolute atomic E-state index is 14.1. The van der Waals surface area contributed by atoms with E-state index >= 15 is 0 Å². The van der Waals surface area contributed by atoms with E-state index in [1.165, 1.54) is 19.2 Å². The molecule has 0 fully saturated rings. The molecule has 0 aliphatic rings. The number of carbonyl (C=O) groups is 1. The Hall–Kier alpha value is -4.85. The number of hydrogen-bond donors (Lipinski definition) is 3. The van der Waals surface area contributed by atoms with Gasteiger partial charge in [0, 0.05) is 30.3 Å². The van der Waals surface area contributed by atoms with E-state index in [1.807, 2.05) is 18.2 Å². The Morgan fingerprint density at radius 3 is 2.23 bits per heavy atom. The Bertz CT molecular complexity index is 1840. The van der Waals surface area contributed by atoms with Crippen molar-refractivity contribution in [2.75, 3.05) is 31.3 Å². The second kappa shape index (κ2) is 16.3. The van der Waals surface area contributed by atoms with Gasteiger partial charge in [0.15, 0.2) is 0 Å². The van der Waals surface area contributed by atoms with E-state index in [0.29, 0.717) is 29.3 Å². The predicted molar refractivity (Wildman–Crippen MR) is 181 cm³/mol. The molecule has 1 amide bonds. The van der Waals surface area contributed by atoms with Crippen molar-refractivity contribution in [3.63, 3.8) is 0 Å². The average molecular weight is 681 g/mol. The number of hydrogen-bond acceptors (Lipinski definition) is 8. The lowest BCUT2D eigenvalue weighted by Crippen LogP contribution is -2.48. The minimum Gasteiger partial charge on any atom is -0.497 e. The SMILES string of the molecule is CO/N=C(\C)c1cc(C(=O)N[C@@H](Cc2cc(F)cc(F)c2)[C@H](O)CNCc2cccc(OC)c2)cc(N(c2ccccc2)S(C)(=O)=O)c1. The van der Waals surface area contributed by atoms with Crippen molar-refractivity contribution >= 4 is 33.0 Å². The molecule has 10 nitrogen and oxygen atoms in total. The number of aliphatic hydroxyl groups excluding tert-OH is 1. The lowest BCUT2D eigenvalue weighted by Gasteiger charge is -2.26. The highest BCUT2D eigenvalue weighted by molar-refractivity contribution is 7.92. The van der Waals surface area contributed by atoms with Crippen LogP contribution in [-0.2, 0) is 27.8 Å². The molecule has 0 spiro atoms. The molecule has 2 atom stereocenters. The minimum atomic E-state index is -3.89. The standard InChI is InChI=1S/C35H38F2N4O6S/c1-23(40-47-3)26-17-27(19-31(18-26)41(48(4,44)45)30-10-6-5-7-11-30)35(43)39-33(16-25-13-28(36)20-29(37)14-25)34(42)22-38-21-24-9-8-12-32(15-24)46-2/h5-15,17-20,33-34,38,42H,16,21-22H2,1-4H3,(H,39,43)/b40-23+/t33-,34+/m0/s1. The Labute approximate surface area is 279 Å². The number of ether oxygens (including phenoxy) is 1. The number of nitrogens with zero attached hydrogens (tertiary/aromatic N) is 2. The zero-order chi connectivity index (χ0) is 34.8. The van der Waals surface area contributed by atoms with Crippen LogP contribution in [0.1, 0.15) is 34.0 Å². The maximum atomic E-state index is 14.1. The molecule has 0 unspecified atom stereocenters. The molecule has 3 N–H and O–H groups in total. The summed E-state index contributed by atoms with van der Waals surface area (Å²) < 4.78 is 60.7. The number of anilines is 2. The number of para-hydroxylation sites is 1. The topological polar surface area (TPSA) is 130 Å². The summed E-state index contributed by atoms with van der Waals surface area (Å²) in [4.78, 5) is 18.8. The first-order chi connectivity index (χ1) is 22.9. The van der Waals surface area contributed by atoms with E-state index in [2.05, 4.69) is 15.8 Å². The van der Waals surface area contributed by atoms with E-state index in [-0.39, 0.29) is 29.8 Å². The van der Waals surface area contributed by atoms with E-state index in [1.54, 1.807) is 56.5 Å². The molecule has 0 aliphatic carbocycles. The Kier molecular flexibility index (Phi) is 12.2. The number of methoxy groups -OCH3 is 1. The van der Waals surface area contributed by atoms with Crippen molar-refractivity contribution in [2.45, 2.75) is 32.0 Å². The molecule has 48 heavy (non-hydrogen) atoms. The van der Waals surface area contributed by atoms with Crippen LogP contribution in [-0.4, -0.2) is 64.3 Å². The number of oxime groups is 1. The molecule has 254 valence electrons. The highest BCUT2D eigenvalue weighted by Gasteiger charge is 2.26. The quantitative estimate of drug-likeness (QED) is 0.120. The fourth-order valence-corrected chi connectivity index (χ4v) is 6.15. The van der Waals surface area contributed by atoms with Gasteiger partial charge in [0.2, 0.25) is 10.0 Å². The number of amides is 1. The molecule has 0 saturated heterocycles. The largest absolute Gasteiger partial charge is 0.497 e. The highest BCUT2D eigenvalue weighted by atomic mass is 32.2. The van der Waals surface area contributed by atoms with Gasteiger partial charge in [-0.05, 0) is 79.1 Å². The maximum Gasteiger partial charge on any atom is 0.251 e. The van der Waals surface area contributed by atoms with Crippen LogP contribution in [0.2, 0.25) is 0 Å². The zero-order valence-corrected chi connectivity index (χ0v) is 27.8. The molecule has 4 aromatic rings. The number of benzene rings is 4. The van der Waals surface area contributed by atoms with Gasteiger partial charge in [-0.15, -0.1) is 0 Å². The van der Waals surface area contributed by atoms with Gasteiger partial charge in [-0.3, -0.25) is 4.79 Å². The molecule has 0 aliphatic heterocycles. The molecule has 0 bridgehead atoms. The van der Waals surface area contributed by atoms with Gasteiger partial charge >= 0.3 is 0 Å². The van der Waals surface area contributed by atoms with Crippen LogP contribution < -0.4 is 19.7 Å². The van der Waals surface area contributed by atoms with E-state index in [9.17, 15) is 27.1 Å². The summed E-state index contributed by atoms with van der Waals surface area (Å²) in [6.07, 6.45) is -0.272. The third-order valence-corrected chi connectivity index (χ3v) is 8.44. The van der Waals surface area contributed by atoms with Crippen molar-refractivity contribution in [1.29, 1.82) is 0 Å². The fraction of sp³-hybridized carbons (Fsp3) is 0.257. The molecular weight excluding hydrogens is 642 g/mol. The van der Waals surface area contributed by atoms with Crippen LogP contribution in [0, 0.1) is 11.6 Å². The number of rotatable bonds is 15. The molecular formula is C35H38F2N4O6S. The first-order valence-electron chi connectivity index (χ1n) is 14.9. The van der Waals surface area contributed by atoms with Gasteiger partial charge in [0.1, 0.15) is 24.5 Å². The molecule has 4 aromatic carbocycles. The van der Waals surface area contributed by atoms with Gasteiger partial charge in [-0.25, -0.2) is 21.5 Å². The number of sulfonamides is 1. The number of carbonyl (C=O) groups excluding carboxylic acids is 1. The van der Waals surface area contributed by atoms with E-state index in [4.69, 9.17) is 9.57 Å². The molecule has 0 radical (unpaired) electrons. The normalized spacial score (nSPS) is 13.0. The van der Waals surface area contributed by atoms with Crippen LogP contribution in [0.25, 0.3) is 0 Å². The first kappa shape index (κ1) is 36.0. The first-order valence-corrected chi connectivity index (χ1v) is 16.8. The summed E-state index contributed by atoms with van der Waals surface area (Å²) in [5, 5.41) is 21.2.